The zero-order chi connectivity index (χ0) is 14.9. The second-order valence-electron chi connectivity index (χ2n) is 7.30. The number of Topliss-reactive ketones (excluding diaryl/α,β-unsaturated/α-hetero) is 1. The van der Waals surface area contributed by atoms with Crippen LogP contribution < -0.4 is 0 Å². The first-order valence-corrected chi connectivity index (χ1v) is 8.88. The number of carbonyl (C=O) groups excluding carboxylic acids is 1. The fraction of sp³-hybridized carbons (Fsp3) is 0.929. The number of likely N-dealkylation sites (tertiary alicyclic amines) is 1. The van der Waals surface area contributed by atoms with Crippen LogP contribution in [-0.4, -0.2) is 41.6 Å². The summed E-state index contributed by atoms with van der Waals surface area (Å²) in [6.45, 7) is 6.59. The predicted octanol–water partition coefficient (Wildman–Crippen LogP) is 1.69. The Morgan fingerprint density at radius 1 is 1.35 bits per heavy atom. The molecule has 2 unspecified atom stereocenters. The first-order valence-electron chi connectivity index (χ1n) is 7.37. The highest BCUT2D eigenvalue weighted by Crippen LogP contribution is 2.67. The van der Waals surface area contributed by atoms with Crippen LogP contribution in [0.5, 0.6) is 0 Å². The molecule has 6 heteroatoms. The molecule has 2 saturated carbocycles. The number of carbonyl (C=O) groups is 1. The van der Waals surface area contributed by atoms with Crippen molar-refractivity contribution in [3.8, 4) is 0 Å². The zero-order valence-corrected chi connectivity index (χ0v) is 13.1. The van der Waals surface area contributed by atoms with Crippen molar-refractivity contribution in [1.29, 1.82) is 0 Å². The van der Waals surface area contributed by atoms with Crippen molar-refractivity contribution in [3.05, 3.63) is 0 Å². The van der Waals surface area contributed by atoms with Gasteiger partial charge in [-0.05, 0) is 37.5 Å². The highest BCUT2D eigenvalue weighted by atomic mass is 32.2. The van der Waals surface area contributed by atoms with Gasteiger partial charge >= 0.3 is 0 Å². The third kappa shape index (κ3) is 1.56. The summed E-state index contributed by atoms with van der Waals surface area (Å²) >= 11 is 0. The lowest BCUT2D eigenvalue weighted by Crippen LogP contribution is -2.64. The number of fused-ring (bicyclic) bond motifs is 2. The Kier molecular flexibility index (Phi) is 2.93. The largest absolute Gasteiger partial charge is 0.299 e. The summed E-state index contributed by atoms with van der Waals surface area (Å²) in [5, 5.41) is -1.06. The van der Waals surface area contributed by atoms with Crippen molar-refractivity contribution in [3.63, 3.8) is 0 Å². The first kappa shape index (κ1) is 14.5. The van der Waals surface area contributed by atoms with E-state index in [1.807, 2.05) is 25.7 Å². The maximum absolute atomic E-state index is 12.6. The fourth-order valence-electron chi connectivity index (χ4n) is 4.88. The molecule has 1 saturated heterocycles. The lowest BCUT2D eigenvalue weighted by Gasteiger charge is -2.51. The summed E-state index contributed by atoms with van der Waals surface area (Å²) in [7, 11) is -4.28. The second-order valence-corrected chi connectivity index (χ2v) is 8.78. The number of ketones is 1. The van der Waals surface area contributed by atoms with E-state index in [2.05, 4.69) is 0 Å². The molecule has 2 bridgehead atoms. The molecule has 3 rings (SSSR count). The van der Waals surface area contributed by atoms with E-state index < -0.39 is 20.9 Å². The van der Waals surface area contributed by atoms with Gasteiger partial charge in [0.2, 0.25) is 0 Å². The third-order valence-electron chi connectivity index (χ3n) is 6.36. The summed E-state index contributed by atoms with van der Waals surface area (Å²) in [5.41, 5.74) is -1.29. The molecule has 3 aliphatic rings. The van der Waals surface area contributed by atoms with Crippen LogP contribution in [0.3, 0.4) is 0 Å². The van der Waals surface area contributed by atoms with Crippen molar-refractivity contribution in [2.24, 2.45) is 16.7 Å². The average molecular weight is 301 g/mol. The van der Waals surface area contributed by atoms with Crippen LogP contribution in [0.15, 0.2) is 0 Å². The normalized spacial score (nSPS) is 41.7. The van der Waals surface area contributed by atoms with Gasteiger partial charge in [0.15, 0.2) is 5.37 Å². The Hall–Kier alpha value is -0.460. The quantitative estimate of drug-likeness (QED) is 0.803. The predicted molar refractivity (Wildman–Crippen MR) is 74.7 cm³/mol. The Morgan fingerprint density at radius 2 is 2.00 bits per heavy atom. The van der Waals surface area contributed by atoms with Crippen molar-refractivity contribution >= 4 is 15.9 Å². The van der Waals surface area contributed by atoms with E-state index >= 15 is 0 Å². The van der Waals surface area contributed by atoms with Gasteiger partial charge in [-0.1, -0.05) is 13.8 Å². The molecular formula is C14H23NO4S. The molecule has 1 N–H and O–H groups in total. The second kappa shape index (κ2) is 4.05. The van der Waals surface area contributed by atoms with Crippen LogP contribution in [0.2, 0.25) is 0 Å². The Bertz CT molecular complexity index is 556. The molecule has 1 aliphatic heterocycles. The molecule has 20 heavy (non-hydrogen) atoms. The molecule has 0 aromatic heterocycles. The van der Waals surface area contributed by atoms with Crippen molar-refractivity contribution < 1.29 is 17.8 Å². The van der Waals surface area contributed by atoms with E-state index in [0.29, 0.717) is 19.4 Å². The highest BCUT2D eigenvalue weighted by Gasteiger charge is 2.71. The molecular weight excluding hydrogens is 278 g/mol. The van der Waals surface area contributed by atoms with Crippen LogP contribution in [-0.2, 0) is 14.9 Å². The Morgan fingerprint density at radius 3 is 2.30 bits per heavy atom. The number of hydrogen-bond acceptors (Lipinski definition) is 4. The Labute approximate surface area is 120 Å². The molecule has 3 fully saturated rings. The molecule has 0 spiro atoms. The maximum Gasteiger partial charge on any atom is 0.282 e. The SMILES string of the molecule is C[C@H]1CCN1[C@@H](C12CCC(CC1=O)C2(C)C)S(=O)(=O)O. The van der Waals surface area contributed by atoms with Gasteiger partial charge in [-0.25, -0.2) is 0 Å². The van der Waals surface area contributed by atoms with E-state index in [4.69, 9.17) is 0 Å². The van der Waals surface area contributed by atoms with Crippen LogP contribution in [0.25, 0.3) is 0 Å². The van der Waals surface area contributed by atoms with E-state index in [0.717, 1.165) is 12.8 Å². The monoisotopic (exact) mass is 301 g/mol. The van der Waals surface area contributed by atoms with Gasteiger partial charge in [0.05, 0.1) is 5.41 Å². The van der Waals surface area contributed by atoms with Gasteiger partial charge in [0, 0.05) is 19.0 Å². The molecule has 114 valence electrons. The molecule has 4 atom stereocenters. The smallest absolute Gasteiger partial charge is 0.282 e. The third-order valence-corrected chi connectivity index (χ3v) is 7.60. The lowest BCUT2D eigenvalue weighted by molar-refractivity contribution is -0.134. The molecule has 5 nitrogen and oxygen atoms in total. The van der Waals surface area contributed by atoms with Crippen LogP contribution in [0.1, 0.15) is 46.5 Å². The van der Waals surface area contributed by atoms with Gasteiger partial charge in [0.25, 0.3) is 10.1 Å². The van der Waals surface area contributed by atoms with Crippen molar-refractivity contribution in [2.75, 3.05) is 6.54 Å². The van der Waals surface area contributed by atoms with Crippen LogP contribution in [0.4, 0.5) is 0 Å². The van der Waals surface area contributed by atoms with Crippen molar-refractivity contribution in [1.82, 2.24) is 4.90 Å². The van der Waals surface area contributed by atoms with E-state index in [9.17, 15) is 17.8 Å². The number of hydrogen-bond donors (Lipinski definition) is 1. The lowest BCUT2D eigenvalue weighted by atomic mass is 9.67. The average Bonchev–Trinajstić information content (AvgIpc) is 2.66. The summed E-state index contributed by atoms with van der Waals surface area (Å²) in [5.74, 6) is 0.274. The number of rotatable bonds is 3. The van der Waals surface area contributed by atoms with E-state index in [1.165, 1.54) is 0 Å². The maximum atomic E-state index is 12.6. The first-order chi connectivity index (χ1) is 9.12. The Balaban J connectivity index is 2.13. The van der Waals surface area contributed by atoms with Crippen LogP contribution >= 0.6 is 0 Å². The molecule has 0 amide bonds. The molecule has 0 aromatic carbocycles. The fourth-order valence-corrected chi connectivity index (χ4v) is 6.60. The van der Waals surface area contributed by atoms with E-state index in [1.54, 1.807) is 0 Å². The van der Waals surface area contributed by atoms with Gasteiger partial charge in [-0.15, -0.1) is 0 Å². The summed E-state index contributed by atoms with van der Waals surface area (Å²) in [6, 6.07) is 0.111. The van der Waals surface area contributed by atoms with Gasteiger partial charge in [-0.2, -0.15) is 8.42 Å². The minimum atomic E-state index is -4.28. The molecule has 0 radical (unpaired) electrons. The molecule has 1 heterocycles. The van der Waals surface area contributed by atoms with Gasteiger partial charge in [-0.3, -0.25) is 14.2 Å². The van der Waals surface area contributed by atoms with Crippen molar-refractivity contribution in [2.45, 2.75) is 57.9 Å². The van der Waals surface area contributed by atoms with Crippen LogP contribution in [0, 0.1) is 16.7 Å². The standard InChI is InChI=1S/C14H23NO4S/c1-9-5-7-15(9)12(20(17,18)19)14-6-4-10(8-11(14)16)13(14,2)3/h9-10,12H,4-8H2,1-3H3,(H,17,18,19)/t9-,10?,12+,14?/m0/s1. The van der Waals surface area contributed by atoms with Gasteiger partial charge < -0.3 is 0 Å². The number of nitrogens with zero attached hydrogens (tertiary/aromatic N) is 1. The molecule has 0 aromatic rings. The molecule has 2 aliphatic carbocycles. The topological polar surface area (TPSA) is 74.7 Å². The van der Waals surface area contributed by atoms with E-state index in [-0.39, 0.29) is 23.2 Å². The minimum absolute atomic E-state index is 0.0282. The summed E-state index contributed by atoms with van der Waals surface area (Å²) < 4.78 is 34.0. The minimum Gasteiger partial charge on any atom is -0.299 e. The summed E-state index contributed by atoms with van der Waals surface area (Å²) in [4.78, 5) is 14.4. The zero-order valence-electron chi connectivity index (χ0n) is 12.3. The highest BCUT2D eigenvalue weighted by molar-refractivity contribution is 7.86. The van der Waals surface area contributed by atoms with Gasteiger partial charge in [0.1, 0.15) is 5.78 Å². The summed E-state index contributed by atoms with van der Waals surface area (Å²) in [6.07, 6.45) is 2.84.